The largest absolute Gasteiger partial charge is 0.480 e. The van der Waals surface area contributed by atoms with Gasteiger partial charge >= 0.3 is 0 Å². The fraction of sp³-hybridized carbons (Fsp3) is 0.364. The molecule has 0 N–H and O–H groups in total. The van der Waals surface area contributed by atoms with Crippen molar-refractivity contribution in [2.75, 3.05) is 18.0 Å². The number of nitriles is 3. The van der Waals surface area contributed by atoms with Crippen molar-refractivity contribution in [1.82, 2.24) is 0 Å². The fourth-order valence-corrected chi connectivity index (χ4v) is 5.06. The van der Waals surface area contributed by atoms with Crippen LogP contribution in [0.25, 0.3) is 6.08 Å². The van der Waals surface area contributed by atoms with E-state index < -0.39 is 5.60 Å². The summed E-state index contributed by atoms with van der Waals surface area (Å²) in [7, 11) is 0. The van der Waals surface area contributed by atoms with Gasteiger partial charge in [0.05, 0.1) is 0 Å². The summed E-state index contributed by atoms with van der Waals surface area (Å²) < 4.78 is 5.85. The second-order valence-corrected chi connectivity index (χ2v) is 10.9. The Bertz CT molecular complexity index is 1350. The van der Waals surface area contributed by atoms with Crippen LogP contribution < -0.4 is 4.90 Å². The Hall–Kier alpha value is -4.27. The number of benzene rings is 1. The lowest BCUT2D eigenvalue weighted by Crippen LogP contribution is -2.21. The summed E-state index contributed by atoms with van der Waals surface area (Å²) >= 11 is 0. The summed E-state index contributed by atoms with van der Waals surface area (Å²) in [6.07, 6.45) is 14.4. The second-order valence-electron chi connectivity index (χ2n) is 10.9. The average molecular weight is 505 g/mol. The zero-order chi connectivity index (χ0) is 27.9. The Labute approximate surface area is 227 Å². The Kier molecular flexibility index (Phi) is 8.83. The van der Waals surface area contributed by atoms with E-state index in [2.05, 4.69) is 87.2 Å². The first-order valence-electron chi connectivity index (χ1n) is 13.1. The van der Waals surface area contributed by atoms with Crippen LogP contribution in [0.5, 0.6) is 0 Å². The third-order valence-electron chi connectivity index (χ3n) is 6.89. The molecule has 194 valence electrons. The summed E-state index contributed by atoms with van der Waals surface area (Å²) in [5.41, 5.74) is 4.90. The molecular formula is C33H36N4O. The van der Waals surface area contributed by atoms with E-state index >= 15 is 0 Å². The number of hydrogen-bond donors (Lipinski definition) is 0. The van der Waals surface area contributed by atoms with E-state index in [0.717, 1.165) is 25.9 Å². The van der Waals surface area contributed by atoms with Gasteiger partial charge in [0.25, 0.3) is 0 Å². The van der Waals surface area contributed by atoms with Crippen molar-refractivity contribution in [3.63, 3.8) is 0 Å². The topological polar surface area (TPSA) is 83.8 Å². The van der Waals surface area contributed by atoms with E-state index in [1.54, 1.807) is 0 Å². The molecule has 0 saturated heterocycles. The van der Waals surface area contributed by atoms with Crippen LogP contribution in [0.2, 0.25) is 0 Å². The van der Waals surface area contributed by atoms with Crippen LogP contribution in [-0.2, 0) is 4.74 Å². The van der Waals surface area contributed by atoms with Crippen LogP contribution in [0.1, 0.15) is 59.9 Å². The lowest BCUT2D eigenvalue weighted by Gasteiger charge is -2.30. The highest BCUT2D eigenvalue weighted by Crippen LogP contribution is 2.41. The summed E-state index contributed by atoms with van der Waals surface area (Å²) in [5.74, 6) is 0.0612. The van der Waals surface area contributed by atoms with E-state index in [9.17, 15) is 15.8 Å². The second kappa shape index (κ2) is 11.9. The lowest BCUT2D eigenvalue weighted by molar-refractivity contribution is 0.0954. The molecule has 1 aromatic carbocycles. The molecular weight excluding hydrogens is 468 g/mol. The van der Waals surface area contributed by atoms with Crippen molar-refractivity contribution in [2.45, 2.75) is 60.0 Å². The molecule has 38 heavy (non-hydrogen) atoms. The van der Waals surface area contributed by atoms with Gasteiger partial charge in [-0.15, -0.1) is 0 Å². The number of nitrogens with zero attached hydrogens (tertiary/aromatic N) is 4. The standard InChI is InChI=1S/C33H36N4O/c1-7-37(8-2)28-16-14-24(15-17-28)12-13-26-18-25(19-32(3,4)20-26)10-9-11-30-29(23-36)31(27(21-34)22-35)38-33(30,5)6/h9-18H,7-8,19-20H2,1-6H3/b11-9+,13-12+,25-10-. The summed E-state index contributed by atoms with van der Waals surface area (Å²) in [5, 5.41) is 28.3. The molecule has 2 aliphatic rings. The first-order chi connectivity index (χ1) is 18.1. The minimum atomic E-state index is -0.815. The molecule has 0 amide bonds. The van der Waals surface area contributed by atoms with Gasteiger partial charge in [-0.1, -0.05) is 62.4 Å². The first-order valence-corrected chi connectivity index (χ1v) is 13.1. The lowest BCUT2D eigenvalue weighted by atomic mass is 9.75. The molecule has 0 saturated carbocycles. The number of ether oxygens (including phenoxy) is 1. The normalized spacial score (nSPS) is 19.2. The highest BCUT2D eigenvalue weighted by molar-refractivity contribution is 5.61. The molecule has 5 heteroatoms. The molecule has 0 unspecified atom stereocenters. The average Bonchev–Trinajstić information content (AvgIpc) is 3.13. The molecule has 0 radical (unpaired) electrons. The SMILES string of the molecule is CCN(CC)c1ccc(/C=C/C2=CC(=C/C=C/C3=C(C#N)C(=C(C#N)C#N)OC3(C)C)/CC(C)(C)C2)cc1. The van der Waals surface area contributed by atoms with Crippen molar-refractivity contribution in [3.05, 3.63) is 93.8 Å². The van der Waals surface area contributed by atoms with Crippen molar-refractivity contribution in [2.24, 2.45) is 5.41 Å². The molecule has 3 rings (SSSR count). The molecule has 0 aromatic heterocycles. The zero-order valence-electron chi connectivity index (χ0n) is 23.3. The van der Waals surface area contributed by atoms with Crippen LogP contribution >= 0.6 is 0 Å². The molecule has 5 nitrogen and oxygen atoms in total. The maximum Gasteiger partial charge on any atom is 0.172 e. The predicted octanol–water partition coefficient (Wildman–Crippen LogP) is 7.71. The summed E-state index contributed by atoms with van der Waals surface area (Å²) in [6.45, 7) is 14.5. The van der Waals surface area contributed by atoms with Gasteiger partial charge in [-0.2, -0.15) is 15.8 Å². The molecule has 0 atom stereocenters. The van der Waals surface area contributed by atoms with Gasteiger partial charge in [-0.25, -0.2) is 0 Å². The minimum absolute atomic E-state index is 0.0612. The van der Waals surface area contributed by atoms with Gasteiger partial charge < -0.3 is 9.64 Å². The van der Waals surface area contributed by atoms with E-state index in [1.165, 1.54) is 22.4 Å². The minimum Gasteiger partial charge on any atom is -0.480 e. The summed E-state index contributed by atoms with van der Waals surface area (Å²) in [4.78, 5) is 2.34. The number of allylic oxidation sites excluding steroid dienone is 8. The van der Waals surface area contributed by atoms with Crippen LogP contribution in [-0.4, -0.2) is 18.7 Å². The first kappa shape index (κ1) is 28.3. The monoisotopic (exact) mass is 504 g/mol. The van der Waals surface area contributed by atoms with Crippen molar-refractivity contribution >= 4 is 11.8 Å². The van der Waals surface area contributed by atoms with Gasteiger partial charge in [0.1, 0.15) is 29.4 Å². The summed E-state index contributed by atoms with van der Waals surface area (Å²) in [6, 6.07) is 14.5. The van der Waals surface area contributed by atoms with Crippen LogP contribution in [0.4, 0.5) is 5.69 Å². The maximum absolute atomic E-state index is 9.74. The Morgan fingerprint density at radius 2 is 1.61 bits per heavy atom. The highest BCUT2D eigenvalue weighted by Gasteiger charge is 2.38. The van der Waals surface area contributed by atoms with Gasteiger partial charge in [0, 0.05) is 24.4 Å². The molecule has 0 spiro atoms. The van der Waals surface area contributed by atoms with E-state index in [0.29, 0.717) is 5.57 Å². The highest BCUT2D eigenvalue weighted by atomic mass is 16.5. The Morgan fingerprint density at radius 1 is 0.947 bits per heavy atom. The third kappa shape index (κ3) is 6.53. The van der Waals surface area contributed by atoms with Gasteiger partial charge in [-0.3, -0.25) is 0 Å². The van der Waals surface area contributed by atoms with Crippen molar-refractivity contribution in [3.8, 4) is 18.2 Å². The number of anilines is 1. The van der Waals surface area contributed by atoms with Gasteiger partial charge in [0.15, 0.2) is 11.3 Å². The van der Waals surface area contributed by atoms with Crippen molar-refractivity contribution in [1.29, 1.82) is 15.8 Å². The van der Waals surface area contributed by atoms with E-state index in [1.807, 2.05) is 38.1 Å². The van der Waals surface area contributed by atoms with Crippen molar-refractivity contribution < 1.29 is 4.74 Å². The molecule has 1 heterocycles. The molecule has 1 aromatic rings. The molecule has 0 fully saturated rings. The Balaban J connectivity index is 1.87. The van der Waals surface area contributed by atoms with Crippen LogP contribution in [0.15, 0.2) is 88.3 Å². The zero-order valence-corrected chi connectivity index (χ0v) is 23.3. The van der Waals surface area contributed by atoms with E-state index in [-0.39, 0.29) is 22.3 Å². The van der Waals surface area contributed by atoms with Crippen LogP contribution in [0.3, 0.4) is 0 Å². The van der Waals surface area contributed by atoms with Gasteiger partial charge in [-0.05, 0) is 74.8 Å². The smallest absolute Gasteiger partial charge is 0.172 e. The quantitative estimate of drug-likeness (QED) is 0.355. The molecule has 0 bridgehead atoms. The number of hydrogen-bond acceptors (Lipinski definition) is 5. The third-order valence-corrected chi connectivity index (χ3v) is 6.89. The Morgan fingerprint density at radius 3 is 2.18 bits per heavy atom. The fourth-order valence-electron chi connectivity index (χ4n) is 5.06. The molecule has 1 aliphatic heterocycles. The van der Waals surface area contributed by atoms with E-state index in [4.69, 9.17) is 4.74 Å². The molecule has 1 aliphatic carbocycles. The maximum atomic E-state index is 9.74. The van der Waals surface area contributed by atoms with Gasteiger partial charge in [0.2, 0.25) is 0 Å². The predicted molar refractivity (Wildman–Crippen MR) is 153 cm³/mol. The van der Waals surface area contributed by atoms with Crippen LogP contribution in [0, 0.1) is 39.4 Å². The number of rotatable bonds is 7.